The lowest BCUT2D eigenvalue weighted by molar-refractivity contribution is -0.142. The molecular weight excluding hydrogens is 611 g/mol. The van der Waals surface area contributed by atoms with Gasteiger partial charge in [0.15, 0.2) is 0 Å². The molecule has 11 heteroatoms. The van der Waals surface area contributed by atoms with Crippen molar-refractivity contribution >= 4 is 23.4 Å². The van der Waals surface area contributed by atoms with Gasteiger partial charge in [-0.1, -0.05) is 6.07 Å². The molecule has 0 unspecified atom stereocenters. The van der Waals surface area contributed by atoms with Gasteiger partial charge in [-0.05, 0) is 111 Å². The molecule has 1 amide bonds. The first-order valence-electron chi connectivity index (χ1n) is 16.8. The van der Waals surface area contributed by atoms with Gasteiger partial charge in [0, 0.05) is 61.8 Å². The number of anilines is 2. The minimum atomic E-state index is -0.498. The number of ether oxygens (including phenoxy) is 1. The van der Waals surface area contributed by atoms with E-state index in [0.29, 0.717) is 58.3 Å². The maximum absolute atomic E-state index is 15.8. The number of carbonyl (C=O) groups is 2. The molecular formula is C37H41FN6O4. The van der Waals surface area contributed by atoms with Crippen LogP contribution in [0.3, 0.4) is 0 Å². The minimum Gasteiger partial charge on any atom is -0.461 e. The van der Waals surface area contributed by atoms with Crippen LogP contribution in [0.15, 0.2) is 47.5 Å². The number of amides is 1. The lowest BCUT2D eigenvalue weighted by Gasteiger charge is -2.29. The summed E-state index contributed by atoms with van der Waals surface area (Å²) in [5, 5.41) is 6.15. The van der Waals surface area contributed by atoms with Crippen LogP contribution in [0.2, 0.25) is 0 Å². The number of nitrogens with one attached hydrogen (secondary N) is 2. The average molecular weight is 653 g/mol. The molecule has 1 fully saturated rings. The summed E-state index contributed by atoms with van der Waals surface area (Å²) in [7, 11) is 3.78. The Balaban J connectivity index is 1.32. The molecule has 0 atom stereocenters. The van der Waals surface area contributed by atoms with Gasteiger partial charge in [0.25, 0.3) is 11.5 Å². The van der Waals surface area contributed by atoms with Crippen LogP contribution in [0.1, 0.15) is 71.4 Å². The number of halogens is 1. The van der Waals surface area contributed by atoms with Gasteiger partial charge in [-0.3, -0.25) is 14.4 Å². The predicted octanol–water partition coefficient (Wildman–Crippen LogP) is 5.29. The Labute approximate surface area is 278 Å². The Morgan fingerprint density at radius 2 is 1.83 bits per heavy atom. The van der Waals surface area contributed by atoms with Crippen molar-refractivity contribution in [1.29, 1.82) is 0 Å². The third-order valence-corrected chi connectivity index (χ3v) is 10.0. The fraction of sp³-hybridized carbons (Fsp3) is 0.405. The van der Waals surface area contributed by atoms with E-state index in [2.05, 4.69) is 38.2 Å². The van der Waals surface area contributed by atoms with E-state index < -0.39 is 11.8 Å². The highest BCUT2D eigenvalue weighted by atomic mass is 19.1. The van der Waals surface area contributed by atoms with E-state index >= 15 is 4.39 Å². The van der Waals surface area contributed by atoms with Crippen molar-refractivity contribution in [3.63, 3.8) is 0 Å². The molecule has 1 aliphatic carbocycles. The third-order valence-electron chi connectivity index (χ3n) is 10.0. The zero-order chi connectivity index (χ0) is 33.5. The standard InChI is InChI=1S/C37H41FN6O4/c1-22(45)48-21-30-28(17-26(38)18-29(30)34-27-6-4-5-7-32(27)44-15-12-39-36(46)35(34)44)25-16-31(37(47)43(3)20-25)41-33-9-8-24(19-40-33)23-10-13-42(2)14-11-23/h8-9,16-20,23H,4-7,10-15,21H2,1-3H3,(H,39,46)(H,40,41). The van der Waals surface area contributed by atoms with Crippen molar-refractivity contribution in [3.8, 4) is 22.3 Å². The highest BCUT2D eigenvalue weighted by Crippen LogP contribution is 2.43. The Hall–Kier alpha value is -4.77. The van der Waals surface area contributed by atoms with Crippen molar-refractivity contribution in [2.45, 2.75) is 64.5 Å². The maximum Gasteiger partial charge on any atom is 0.302 e. The number of aryl methyl sites for hydroxylation is 1. The first-order valence-corrected chi connectivity index (χ1v) is 16.8. The number of aromatic nitrogens is 3. The fourth-order valence-corrected chi connectivity index (χ4v) is 7.60. The Morgan fingerprint density at radius 3 is 2.58 bits per heavy atom. The number of likely N-dealkylation sites (tertiary alicyclic amines) is 1. The number of esters is 1. The summed E-state index contributed by atoms with van der Waals surface area (Å²) in [5.41, 5.74) is 6.67. The van der Waals surface area contributed by atoms with E-state index in [1.165, 1.54) is 29.2 Å². The molecule has 250 valence electrons. The molecule has 3 aliphatic rings. The molecule has 4 aromatic rings. The Kier molecular flexibility index (Phi) is 8.63. The molecule has 0 spiro atoms. The molecule has 5 heterocycles. The van der Waals surface area contributed by atoms with E-state index in [-0.39, 0.29) is 23.8 Å². The number of rotatable bonds is 7. The minimum absolute atomic E-state index is 0.132. The molecule has 2 aliphatic heterocycles. The van der Waals surface area contributed by atoms with Gasteiger partial charge >= 0.3 is 5.97 Å². The summed E-state index contributed by atoms with van der Waals surface area (Å²) in [4.78, 5) is 45.8. The number of fused-ring (bicyclic) bond motifs is 3. The highest BCUT2D eigenvalue weighted by Gasteiger charge is 2.33. The molecule has 3 aromatic heterocycles. The fourth-order valence-electron chi connectivity index (χ4n) is 7.60. The van der Waals surface area contributed by atoms with Crippen LogP contribution in [-0.4, -0.2) is 57.6 Å². The summed E-state index contributed by atoms with van der Waals surface area (Å²) in [6, 6.07) is 8.46. The van der Waals surface area contributed by atoms with Gasteiger partial charge in [-0.25, -0.2) is 9.37 Å². The zero-order valence-corrected chi connectivity index (χ0v) is 27.7. The summed E-state index contributed by atoms with van der Waals surface area (Å²) in [6.07, 6.45) is 9.30. The van der Waals surface area contributed by atoms with Gasteiger partial charge in [0.1, 0.15) is 29.6 Å². The van der Waals surface area contributed by atoms with Gasteiger partial charge in [0.05, 0.1) is 0 Å². The van der Waals surface area contributed by atoms with E-state index in [4.69, 9.17) is 4.74 Å². The molecule has 48 heavy (non-hydrogen) atoms. The topological polar surface area (TPSA) is 110 Å². The number of hydrogen-bond acceptors (Lipinski definition) is 7. The van der Waals surface area contributed by atoms with Crippen molar-refractivity contribution in [2.24, 2.45) is 7.05 Å². The van der Waals surface area contributed by atoms with Crippen molar-refractivity contribution in [1.82, 2.24) is 24.3 Å². The third kappa shape index (κ3) is 6.03. The first-order chi connectivity index (χ1) is 23.2. The lowest BCUT2D eigenvalue weighted by Crippen LogP contribution is -2.36. The van der Waals surface area contributed by atoms with Crippen LogP contribution in [0.5, 0.6) is 0 Å². The smallest absolute Gasteiger partial charge is 0.302 e. The zero-order valence-electron chi connectivity index (χ0n) is 27.7. The number of piperidine rings is 1. The van der Waals surface area contributed by atoms with E-state index in [0.717, 1.165) is 62.9 Å². The molecule has 0 saturated carbocycles. The van der Waals surface area contributed by atoms with Gasteiger partial charge in [-0.15, -0.1) is 0 Å². The molecule has 1 saturated heterocycles. The molecule has 0 bridgehead atoms. The second kappa shape index (κ2) is 13.0. The predicted molar refractivity (Wildman–Crippen MR) is 182 cm³/mol. The number of pyridine rings is 2. The lowest BCUT2D eigenvalue weighted by atomic mass is 9.86. The largest absolute Gasteiger partial charge is 0.461 e. The van der Waals surface area contributed by atoms with Crippen molar-refractivity contribution in [3.05, 3.63) is 87.0 Å². The van der Waals surface area contributed by atoms with Crippen LogP contribution < -0.4 is 16.2 Å². The SMILES string of the molecule is CC(=O)OCc1c(-c2cc(Nc3ccc(C4CCN(C)CC4)cn3)c(=O)n(C)c2)cc(F)cc1-c1c2c(n3c1C(=O)NCC3)CCCC2. The second-order valence-corrected chi connectivity index (χ2v) is 13.3. The van der Waals surface area contributed by atoms with Gasteiger partial charge in [-0.2, -0.15) is 0 Å². The molecule has 10 nitrogen and oxygen atoms in total. The Morgan fingerprint density at radius 1 is 1.06 bits per heavy atom. The summed E-state index contributed by atoms with van der Waals surface area (Å²) in [6.45, 7) is 4.48. The van der Waals surface area contributed by atoms with Crippen LogP contribution in [0.4, 0.5) is 15.9 Å². The highest BCUT2D eigenvalue weighted by molar-refractivity contribution is 6.02. The number of hydrogen-bond donors (Lipinski definition) is 2. The van der Waals surface area contributed by atoms with Crippen molar-refractivity contribution in [2.75, 3.05) is 32.0 Å². The summed E-state index contributed by atoms with van der Waals surface area (Å²) >= 11 is 0. The summed E-state index contributed by atoms with van der Waals surface area (Å²) in [5.74, 6) is -0.189. The number of benzene rings is 1. The number of nitrogens with zero attached hydrogens (tertiary/aromatic N) is 4. The first kappa shape index (κ1) is 31.8. The Bertz CT molecular complexity index is 1960. The van der Waals surface area contributed by atoms with Crippen LogP contribution in [0, 0.1) is 5.82 Å². The molecule has 0 radical (unpaired) electrons. The monoisotopic (exact) mass is 652 g/mol. The quantitative estimate of drug-likeness (QED) is 0.261. The second-order valence-electron chi connectivity index (χ2n) is 13.3. The molecule has 2 N–H and O–H groups in total. The van der Waals surface area contributed by atoms with Gasteiger partial charge in [0.2, 0.25) is 0 Å². The van der Waals surface area contributed by atoms with E-state index in [1.54, 1.807) is 19.3 Å². The molecule has 1 aromatic carbocycles. The average Bonchev–Trinajstić information content (AvgIpc) is 3.42. The van der Waals surface area contributed by atoms with Gasteiger partial charge < -0.3 is 29.4 Å². The maximum atomic E-state index is 15.8. The van der Waals surface area contributed by atoms with Crippen LogP contribution in [0.25, 0.3) is 22.3 Å². The molecule has 7 rings (SSSR count). The van der Waals surface area contributed by atoms with E-state index in [9.17, 15) is 14.4 Å². The normalized spacial score (nSPS) is 16.6. The number of carbonyl (C=O) groups excluding carboxylic acids is 2. The van der Waals surface area contributed by atoms with Crippen LogP contribution >= 0.6 is 0 Å². The summed E-state index contributed by atoms with van der Waals surface area (Å²) < 4.78 is 24.9. The van der Waals surface area contributed by atoms with Crippen molar-refractivity contribution < 1.29 is 18.7 Å². The van der Waals surface area contributed by atoms with E-state index in [1.807, 2.05) is 12.3 Å². The van der Waals surface area contributed by atoms with Crippen LogP contribution in [-0.2, 0) is 42.6 Å².